The standard InChI is InChI=1S/C12H12N2O3/c1-16-12-10(5-2-6-13-12)11(15)14-8-9-4-3-7-17-9/h2-7H,8H2,1H3,(H,14,15). The highest BCUT2D eigenvalue weighted by Gasteiger charge is 2.12. The summed E-state index contributed by atoms with van der Waals surface area (Å²) in [5, 5.41) is 2.72. The third kappa shape index (κ3) is 2.63. The van der Waals surface area contributed by atoms with E-state index in [1.165, 1.54) is 7.11 Å². The van der Waals surface area contributed by atoms with E-state index in [4.69, 9.17) is 9.15 Å². The minimum Gasteiger partial charge on any atom is -0.480 e. The van der Waals surface area contributed by atoms with Gasteiger partial charge in [-0.15, -0.1) is 0 Å². The van der Waals surface area contributed by atoms with Crippen LogP contribution in [0.3, 0.4) is 0 Å². The Balaban J connectivity index is 2.04. The Hall–Kier alpha value is -2.30. The van der Waals surface area contributed by atoms with E-state index in [2.05, 4.69) is 10.3 Å². The third-order valence-corrected chi connectivity index (χ3v) is 2.21. The van der Waals surface area contributed by atoms with Gasteiger partial charge in [0.05, 0.1) is 19.9 Å². The number of ether oxygens (including phenoxy) is 1. The van der Waals surface area contributed by atoms with Gasteiger partial charge in [0, 0.05) is 6.20 Å². The first-order chi connectivity index (χ1) is 8.31. The Bertz CT molecular complexity index is 494. The van der Waals surface area contributed by atoms with Gasteiger partial charge in [0.2, 0.25) is 5.88 Å². The van der Waals surface area contributed by atoms with Crippen molar-refractivity contribution < 1.29 is 13.9 Å². The van der Waals surface area contributed by atoms with E-state index in [0.29, 0.717) is 23.7 Å². The fourth-order valence-corrected chi connectivity index (χ4v) is 1.40. The highest BCUT2D eigenvalue weighted by molar-refractivity contribution is 5.96. The fourth-order valence-electron chi connectivity index (χ4n) is 1.40. The van der Waals surface area contributed by atoms with Crippen LogP contribution in [0.15, 0.2) is 41.1 Å². The zero-order valence-electron chi connectivity index (χ0n) is 9.34. The molecule has 0 aliphatic rings. The van der Waals surface area contributed by atoms with Gasteiger partial charge in [-0.3, -0.25) is 4.79 Å². The van der Waals surface area contributed by atoms with E-state index in [1.54, 1.807) is 36.7 Å². The number of hydrogen-bond donors (Lipinski definition) is 1. The molecule has 2 aromatic heterocycles. The highest BCUT2D eigenvalue weighted by Crippen LogP contribution is 2.13. The van der Waals surface area contributed by atoms with Crippen molar-refractivity contribution in [2.24, 2.45) is 0 Å². The van der Waals surface area contributed by atoms with Crippen molar-refractivity contribution in [3.8, 4) is 5.88 Å². The van der Waals surface area contributed by atoms with Crippen LogP contribution in [0.25, 0.3) is 0 Å². The smallest absolute Gasteiger partial charge is 0.257 e. The predicted octanol–water partition coefficient (Wildman–Crippen LogP) is 1.61. The zero-order valence-corrected chi connectivity index (χ0v) is 9.34. The van der Waals surface area contributed by atoms with Gasteiger partial charge >= 0.3 is 0 Å². The van der Waals surface area contributed by atoms with Crippen LogP contribution in [0.4, 0.5) is 0 Å². The number of furan rings is 1. The minimum atomic E-state index is -0.244. The molecule has 2 heterocycles. The van der Waals surface area contributed by atoms with Crippen LogP contribution in [0.2, 0.25) is 0 Å². The maximum absolute atomic E-state index is 11.8. The molecule has 0 unspecified atom stereocenters. The van der Waals surface area contributed by atoms with Crippen molar-refractivity contribution in [3.05, 3.63) is 48.0 Å². The number of nitrogens with zero attached hydrogens (tertiary/aromatic N) is 1. The van der Waals surface area contributed by atoms with Gasteiger partial charge in [0.25, 0.3) is 5.91 Å². The van der Waals surface area contributed by atoms with Crippen LogP contribution in [0.1, 0.15) is 16.1 Å². The quantitative estimate of drug-likeness (QED) is 0.869. The van der Waals surface area contributed by atoms with Gasteiger partial charge < -0.3 is 14.5 Å². The number of aromatic nitrogens is 1. The number of amides is 1. The summed E-state index contributed by atoms with van der Waals surface area (Å²) in [5.41, 5.74) is 0.404. The van der Waals surface area contributed by atoms with Gasteiger partial charge in [-0.25, -0.2) is 4.98 Å². The number of carbonyl (C=O) groups excluding carboxylic acids is 1. The molecule has 88 valence electrons. The van der Waals surface area contributed by atoms with Crippen molar-refractivity contribution >= 4 is 5.91 Å². The molecule has 5 heteroatoms. The Morgan fingerprint density at radius 3 is 3.06 bits per heavy atom. The maximum Gasteiger partial charge on any atom is 0.257 e. The molecule has 17 heavy (non-hydrogen) atoms. The minimum absolute atomic E-state index is 0.244. The zero-order chi connectivity index (χ0) is 12.1. The summed E-state index contributed by atoms with van der Waals surface area (Å²) in [7, 11) is 1.48. The Kier molecular flexibility index (Phi) is 3.40. The van der Waals surface area contributed by atoms with E-state index in [1.807, 2.05) is 0 Å². The topological polar surface area (TPSA) is 64.4 Å². The van der Waals surface area contributed by atoms with Crippen LogP contribution >= 0.6 is 0 Å². The molecule has 2 aromatic rings. The number of methoxy groups -OCH3 is 1. The van der Waals surface area contributed by atoms with Crippen molar-refractivity contribution in [2.75, 3.05) is 7.11 Å². The van der Waals surface area contributed by atoms with Gasteiger partial charge in [-0.1, -0.05) is 0 Å². The van der Waals surface area contributed by atoms with Crippen molar-refractivity contribution in [1.29, 1.82) is 0 Å². The van der Waals surface area contributed by atoms with Crippen LogP contribution in [-0.2, 0) is 6.54 Å². The Morgan fingerprint density at radius 1 is 1.47 bits per heavy atom. The van der Waals surface area contributed by atoms with Crippen molar-refractivity contribution in [1.82, 2.24) is 10.3 Å². The highest BCUT2D eigenvalue weighted by atomic mass is 16.5. The van der Waals surface area contributed by atoms with E-state index in [0.717, 1.165) is 0 Å². The molecule has 1 amide bonds. The summed E-state index contributed by atoms with van der Waals surface area (Å²) in [4.78, 5) is 15.8. The van der Waals surface area contributed by atoms with Crippen molar-refractivity contribution in [2.45, 2.75) is 6.54 Å². The molecule has 0 bridgehead atoms. The number of hydrogen-bond acceptors (Lipinski definition) is 4. The molecular formula is C12H12N2O3. The third-order valence-electron chi connectivity index (χ3n) is 2.21. The Labute approximate surface area is 98.4 Å². The lowest BCUT2D eigenvalue weighted by Crippen LogP contribution is -2.23. The lowest BCUT2D eigenvalue weighted by molar-refractivity contribution is 0.0944. The average Bonchev–Trinajstić information content (AvgIpc) is 2.89. The van der Waals surface area contributed by atoms with Gasteiger partial charge in [-0.05, 0) is 24.3 Å². The summed E-state index contributed by atoms with van der Waals surface area (Å²) in [6, 6.07) is 6.90. The first-order valence-electron chi connectivity index (χ1n) is 5.11. The van der Waals surface area contributed by atoms with E-state index in [9.17, 15) is 4.79 Å². The summed E-state index contributed by atoms with van der Waals surface area (Å²) >= 11 is 0. The molecule has 0 atom stereocenters. The summed E-state index contributed by atoms with van der Waals surface area (Å²) in [5.74, 6) is 0.761. The molecule has 0 spiro atoms. The SMILES string of the molecule is COc1ncccc1C(=O)NCc1ccco1. The van der Waals surface area contributed by atoms with Gasteiger partial charge in [0.1, 0.15) is 11.3 Å². The predicted molar refractivity (Wildman–Crippen MR) is 60.7 cm³/mol. The van der Waals surface area contributed by atoms with E-state index >= 15 is 0 Å². The molecule has 2 rings (SSSR count). The Morgan fingerprint density at radius 2 is 2.35 bits per heavy atom. The van der Waals surface area contributed by atoms with Crippen LogP contribution < -0.4 is 10.1 Å². The summed E-state index contributed by atoms with van der Waals surface area (Å²) < 4.78 is 10.1. The lowest BCUT2D eigenvalue weighted by Gasteiger charge is -2.06. The number of carbonyl (C=O) groups is 1. The molecule has 0 fully saturated rings. The number of nitrogens with one attached hydrogen (secondary N) is 1. The number of rotatable bonds is 4. The molecule has 5 nitrogen and oxygen atoms in total. The largest absolute Gasteiger partial charge is 0.480 e. The first kappa shape index (κ1) is 11.2. The molecule has 0 radical (unpaired) electrons. The fraction of sp³-hybridized carbons (Fsp3) is 0.167. The monoisotopic (exact) mass is 232 g/mol. The van der Waals surface area contributed by atoms with E-state index < -0.39 is 0 Å². The normalized spacial score (nSPS) is 9.94. The van der Waals surface area contributed by atoms with Crippen LogP contribution in [0, 0.1) is 0 Å². The summed E-state index contributed by atoms with van der Waals surface area (Å²) in [6.07, 6.45) is 3.13. The van der Waals surface area contributed by atoms with Crippen LogP contribution in [-0.4, -0.2) is 18.0 Å². The van der Waals surface area contributed by atoms with Crippen LogP contribution in [0.5, 0.6) is 5.88 Å². The maximum atomic E-state index is 11.8. The lowest BCUT2D eigenvalue weighted by atomic mass is 10.2. The molecule has 0 saturated heterocycles. The van der Waals surface area contributed by atoms with Gasteiger partial charge in [0.15, 0.2) is 0 Å². The van der Waals surface area contributed by atoms with Crippen molar-refractivity contribution in [3.63, 3.8) is 0 Å². The average molecular weight is 232 g/mol. The number of pyridine rings is 1. The molecule has 0 aromatic carbocycles. The van der Waals surface area contributed by atoms with Gasteiger partial charge in [-0.2, -0.15) is 0 Å². The molecular weight excluding hydrogens is 220 g/mol. The molecule has 0 aliphatic carbocycles. The summed E-state index contributed by atoms with van der Waals surface area (Å²) in [6.45, 7) is 0.337. The molecule has 0 saturated carbocycles. The second-order valence-corrected chi connectivity index (χ2v) is 3.32. The van der Waals surface area contributed by atoms with E-state index in [-0.39, 0.29) is 5.91 Å². The first-order valence-corrected chi connectivity index (χ1v) is 5.11. The molecule has 1 N–H and O–H groups in total. The molecule has 0 aliphatic heterocycles. The second-order valence-electron chi connectivity index (χ2n) is 3.32. The second kappa shape index (κ2) is 5.16.